The maximum Gasteiger partial charge on any atom is 0.152 e. The Balaban J connectivity index is 2.38. The molecule has 1 heterocycles. The van der Waals surface area contributed by atoms with Gasteiger partial charge in [0.25, 0.3) is 0 Å². The van der Waals surface area contributed by atoms with Crippen molar-refractivity contribution < 1.29 is 13.9 Å². The van der Waals surface area contributed by atoms with Crippen LogP contribution in [-0.2, 0) is 0 Å². The Morgan fingerprint density at radius 1 is 1.40 bits per heavy atom. The molecule has 0 fully saturated rings. The summed E-state index contributed by atoms with van der Waals surface area (Å²) in [6.07, 6.45) is 4.03. The van der Waals surface area contributed by atoms with Gasteiger partial charge in [0.2, 0.25) is 0 Å². The van der Waals surface area contributed by atoms with Gasteiger partial charge in [0.1, 0.15) is 11.3 Å². The Hall–Kier alpha value is -1.40. The number of hydrogen-bond acceptors (Lipinski definition) is 4. The van der Waals surface area contributed by atoms with Crippen molar-refractivity contribution in [3.63, 3.8) is 0 Å². The highest BCUT2D eigenvalue weighted by Gasteiger charge is 2.12. The van der Waals surface area contributed by atoms with Crippen LogP contribution in [0.4, 0.5) is 14.5 Å². The van der Waals surface area contributed by atoms with Crippen molar-refractivity contribution in [1.29, 1.82) is 0 Å². The number of benzene rings is 1. The predicted octanol–water partition coefficient (Wildman–Crippen LogP) is 3.04. The van der Waals surface area contributed by atoms with Crippen LogP contribution < -0.4 is 5.32 Å². The van der Waals surface area contributed by atoms with E-state index in [1.807, 2.05) is 6.26 Å². The second-order valence-corrected chi connectivity index (χ2v) is 5.36. The van der Waals surface area contributed by atoms with Crippen LogP contribution in [0.25, 0.3) is 10.9 Å². The molecular formula is C14H16F2N2OS. The van der Waals surface area contributed by atoms with Crippen LogP contribution in [0.2, 0.25) is 0 Å². The third-order valence-electron chi connectivity index (χ3n) is 2.97. The molecule has 0 radical (unpaired) electrons. The van der Waals surface area contributed by atoms with Gasteiger partial charge in [-0.25, -0.2) is 8.78 Å². The molecule has 6 heteroatoms. The van der Waals surface area contributed by atoms with Gasteiger partial charge in [-0.2, -0.15) is 11.8 Å². The summed E-state index contributed by atoms with van der Waals surface area (Å²) < 4.78 is 27.1. The summed E-state index contributed by atoms with van der Waals surface area (Å²) in [6.45, 7) is 0.0595. The monoisotopic (exact) mass is 298 g/mol. The van der Waals surface area contributed by atoms with Gasteiger partial charge in [-0.15, -0.1) is 0 Å². The Kier molecular flexibility index (Phi) is 5.14. The highest BCUT2D eigenvalue weighted by Crippen LogP contribution is 2.26. The van der Waals surface area contributed by atoms with E-state index < -0.39 is 11.6 Å². The van der Waals surface area contributed by atoms with Crippen molar-refractivity contribution >= 4 is 28.4 Å². The van der Waals surface area contributed by atoms with Gasteiger partial charge in [0.05, 0.1) is 0 Å². The van der Waals surface area contributed by atoms with Crippen molar-refractivity contribution in [3.8, 4) is 0 Å². The lowest BCUT2D eigenvalue weighted by atomic mass is 10.1. The summed E-state index contributed by atoms with van der Waals surface area (Å²) in [7, 11) is 0. The van der Waals surface area contributed by atoms with Crippen LogP contribution in [0, 0.1) is 11.6 Å². The summed E-state index contributed by atoms with van der Waals surface area (Å²) in [4.78, 5) is 3.95. The molecule has 1 unspecified atom stereocenters. The molecule has 0 aliphatic rings. The van der Waals surface area contributed by atoms with Crippen molar-refractivity contribution in [2.45, 2.75) is 12.5 Å². The number of fused-ring (bicyclic) bond motifs is 1. The first kappa shape index (κ1) is 15.0. The molecule has 0 spiro atoms. The van der Waals surface area contributed by atoms with E-state index in [-0.39, 0.29) is 18.2 Å². The van der Waals surface area contributed by atoms with Crippen LogP contribution in [0.15, 0.2) is 24.4 Å². The number of aliphatic hydroxyl groups is 1. The fraction of sp³-hybridized carbons (Fsp3) is 0.357. The molecule has 0 aliphatic carbocycles. The minimum Gasteiger partial charge on any atom is -0.396 e. The van der Waals surface area contributed by atoms with Crippen LogP contribution >= 0.6 is 11.8 Å². The molecule has 2 N–H and O–H groups in total. The number of halogens is 2. The number of nitrogens with one attached hydrogen (secondary N) is 1. The minimum absolute atomic E-state index is 0.0342. The molecule has 1 aromatic carbocycles. The fourth-order valence-corrected chi connectivity index (χ4v) is 2.73. The van der Waals surface area contributed by atoms with E-state index >= 15 is 0 Å². The molecule has 0 aliphatic heterocycles. The van der Waals surface area contributed by atoms with E-state index in [9.17, 15) is 8.78 Å². The van der Waals surface area contributed by atoms with Crippen molar-refractivity contribution in [1.82, 2.24) is 4.98 Å². The van der Waals surface area contributed by atoms with Gasteiger partial charge in [0, 0.05) is 41.7 Å². The lowest BCUT2D eigenvalue weighted by Crippen LogP contribution is -2.23. The number of hydrogen-bond donors (Lipinski definition) is 2. The first-order valence-corrected chi connectivity index (χ1v) is 7.65. The summed E-state index contributed by atoms with van der Waals surface area (Å²) >= 11 is 1.64. The molecule has 0 bridgehead atoms. The average Bonchev–Trinajstić information content (AvgIpc) is 2.40. The Labute approximate surface area is 120 Å². The number of aliphatic hydroxyl groups excluding tert-OH is 1. The van der Waals surface area contributed by atoms with E-state index in [1.165, 1.54) is 12.3 Å². The minimum atomic E-state index is -0.674. The van der Waals surface area contributed by atoms with Crippen molar-refractivity contribution in [3.05, 3.63) is 36.0 Å². The van der Waals surface area contributed by atoms with Crippen LogP contribution in [-0.4, -0.2) is 34.7 Å². The molecule has 3 nitrogen and oxygen atoms in total. The zero-order valence-corrected chi connectivity index (χ0v) is 11.9. The van der Waals surface area contributed by atoms with Crippen LogP contribution in [0.3, 0.4) is 0 Å². The molecule has 20 heavy (non-hydrogen) atoms. The lowest BCUT2D eigenvalue weighted by Gasteiger charge is -2.19. The third kappa shape index (κ3) is 3.37. The maximum absolute atomic E-state index is 13.7. The first-order valence-electron chi connectivity index (χ1n) is 6.25. The van der Waals surface area contributed by atoms with Crippen molar-refractivity contribution in [2.24, 2.45) is 0 Å². The fourth-order valence-electron chi connectivity index (χ4n) is 2.08. The summed E-state index contributed by atoms with van der Waals surface area (Å²) in [5.74, 6) is -0.510. The number of anilines is 1. The Morgan fingerprint density at radius 2 is 2.20 bits per heavy atom. The summed E-state index contributed by atoms with van der Waals surface area (Å²) in [5.41, 5.74) is 0.768. The van der Waals surface area contributed by atoms with Gasteiger partial charge in [0.15, 0.2) is 5.82 Å². The largest absolute Gasteiger partial charge is 0.396 e. The number of aromatic nitrogens is 1. The molecule has 108 valence electrons. The average molecular weight is 298 g/mol. The van der Waals surface area contributed by atoms with E-state index in [0.717, 1.165) is 11.8 Å². The Morgan fingerprint density at radius 3 is 2.90 bits per heavy atom. The number of rotatable bonds is 6. The summed E-state index contributed by atoms with van der Waals surface area (Å²) in [5, 5.41) is 12.7. The molecular weight excluding hydrogens is 282 g/mol. The van der Waals surface area contributed by atoms with Gasteiger partial charge in [-0.3, -0.25) is 4.98 Å². The topological polar surface area (TPSA) is 45.1 Å². The zero-order chi connectivity index (χ0) is 14.5. The zero-order valence-electron chi connectivity index (χ0n) is 11.1. The van der Waals surface area contributed by atoms with E-state index in [2.05, 4.69) is 10.3 Å². The second kappa shape index (κ2) is 6.85. The normalized spacial score (nSPS) is 12.6. The molecule has 2 aromatic rings. The molecule has 1 aromatic heterocycles. The lowest BCUT2D eigenvalue weighted by molar-refractivity contribution is 0.282. The first-order chi connectivity index (χ1) is 9.65. The predicted molar refractivity (Wildman–Crippen MR) is 79.2 cm³/mol. The van der Waals surface area contributed by atoms with Crippen LogP contribution in [0.5, 0.6) is 0 Å². The number of nitrogens with zero attached hydrogens (tertiary/aromatic N) is 1. The van der Waals surface area contributed by atoms with Crippen LogP contribution in [0.1, 0.15) is 6.42 Å². The highest BCUT2D eigenvalue weighted by atomic mass is 32.2. The molecule has 0 saturated carbocycles. The quantitative estimate of drug-likeness (QED) is 0.860. The molecule has 2 rings (SSSR count). The highest BCUT2D eigenvalue weighted by molar-refractivity contribution is 7.98. The van der Waals surface area contributed by atoms with E-state index in [0.29, 0.717) is 17.5 Å². The molecule has 0 saturated heterocycles. The third-order valence-corrected chi connectivity index (χ3v) is 3.70. The van der Waals surface area contributed by atoms with Gasteiger partial charge < -0.3 is 10.4 Å². The molecule has 1 atom stereocenters. The smallest absolute Gasteiger partial charge is 0.152 e. The second-order valence-electron chi connectivity index (χ2n) is 4.45. The Bertz CT molecular complexity index is 589. The van der Waals surface area contributed by atoms with Crippen molar-refractivity contribution in [2.75, 3.05) is 23.9 Å². The molecule has 0 amide bonds. The number of pyridine rings is 1. The van der Waals surface area contributed by atoms with Gasteiger partial charge >= 0.3 is 0 Å². The van der Waals surface area contributed by atoms with Gasteiger partial charge in [-0.05, 0) is 24.8 Å². The summed E-state index contributed by atoms with van der Waals surface area (Å²) in [6, 6.07) is 3.81. The van der Waals surface area contributed by atoms with Gasteiger partial charge in [-0.1, -0.05) is 0 Å². The SMILES string of the molecule is CSCC(CCO)Nc1ccnc2c(F)cc(F)cc12. The standard InChI is InChI=1S/C14H16F2N2OS/c1-20-8-10(3-5-19)18-13-2-4-17-14-11(13)6-9(15)7-12(14)16/h2,4,6-7,10,19H,3,5,8H2,1H3,(H,17,18). The van der Waals surface area contributed by atoms with E-state index in [1.54, 1.807) is 17.8 Å². The maximum atomic E-state index is 13.7. The van der Waals surface area contributed by atoms with E-state index in [4.69, 9.17) is 5.11 Å². The number of thioether (sulfide) groups is 1.